The number of nitrogens with one attached hydrogen (secondary N) is 2. The molecule has 0 unspecified atom stereocenters. The molecule has 1 fully saturated rings. The van der Waals surface area contributed by atoms with Crippen LogP contribution in [0.1, 0.15) is 58.4 Å². The van der Waals surface area contributed by atoms with Crippen LogP contribution in [0.15, 0.2) is 24.3 Å². The first kappa shape index (κ1) is 26.5. The second-order valence-electron chi connectivity index (χ2n) is 9.57. The Kier molecular flexibility index (Phi) is 10.5. The van der Waals surface area contributed by atoms with E-state index in [9.17, 15) is 14.4 Å². The summed E-state index contributed by atoms with van der Waals surface area (Å²) in [6.45, 7) is 10.2. The maximum absolute atomic E-state index is 12.4. The zero-order valence-electron chi connectivity index (χ0n) is 20.4. The maximum Gasteiger partial charge on any atom is 0.407 e. The summed E-state index contributed by atoms with van der Waals surface area (Å²) >= 11 is 0. The highest BCUT2D eigenvalue weighted by Gasteiger charge is 2.23. The lowest BCUT2D eigenvalue weighted by Gasteiger charge is -2.32. The van der Waals surface area contributed by atoms with E-state index in [1.807, 2.05) is 36.1 Å². The van der Waals surface area contributed by atoms with Crippen LogP contribution in [-0.4, -0.2) is 61.2 Å². The van der Waals surface area contributed by atoms with Crippen molar-refractivity contribution in [2.45, 2.75) is 65.4 Å². The molecule has 0 saturated carbocycles. The highest BCUT2D eigenvalue weighted by Crippen LogP contribution is 2.17. The third-order valence-corrected chi connectivity index (χ3v) is 5.40. The van der Waals surface area contributed by atoms with E-state index in [0.29, 0.717) is 45.0 Å². The van der Waals surface area contributed by atoms with E-state index in [4.69, 9.17) is 9.47 Å². The molecule has 2 N–H and O–H groups in total. The largest absolute Gasteiger partial charge is 0.494 e. The van der Waals surface area contributed by atoms with E-state index in [1.165, 1.54) is 5.56 Å². The number of hydrogen-bond donors (Lipinski definition) is 2. The van der Waals surface area contributed by atoms with Gasteiger partial charge in [-0.15, -0.1) is 0 Å². The molecule has 0 atom stereocenters. The molecule has 8 heteroatoms. The molecule has 33 heavy (non-hydrogen) atoms. The normalized spacial score (nSPS) is 14.5. The number of ether oxygens (including phenoxy) is 2. The van der Waals surface area contributed by atoms with Gasteiger partial charge in [-0.1, -0.05) is 17.7 Å². The predicted octanol–water partition coefficient (Wildman–Crippen LogP) is 3.42. The molecule has 2 rings (SSSR count). The Morgan fingerprint density at radius 1 is 1.03 bits per heavy atom. The summed E-state index contributed by atoms with van der Waals surface area (Å²) in [6, 6.07) is 7.87. The first-order chi connectivity index (χ1) is 15.6. The lowest BCUT2D eigenvalue weighted by molar-refractivity contribution is -0.132. The number of rotatable bonds is 10. The van der Waals surface area contributed by atoms with Gasteiger partial charge in [-0.25, -0.2) is 4.79 Å². The van der Waals surface area contributed by atoms with Crippen LogP contribution >= 0.6 is 0 Å². The smallest absolute Gasteiger partial charge is 0.407 e. The molecule has 1 aliphatic rings. The van der Waals surface area contributed by atoms with E-state index < -0.39 is 11.7 Å². The Bertz CT molecular complexity index is 765. The third-order valence-electron chi connectivity index (χ3n) is 5.40. The van der Waals surface area contributed by atoms with Crippen molar-refractivity contribution in [3.8, 4) is 5.75 Å². The summed E-state index contributed by atoms with van der Waals surface area (Å²) < 4.78 is 10.8. The maximum atomic E-state index is 12.4. The van der Waals surface area contributed by atoms with Gasteiger partial charge in [0.2, 0.25) is 11.8 Å². The number of alkyl carbamates (subject to hydrolysis) is 1. The minimum atomic E-state index is -0.555. The standard InChI is InChI=1S/C25H39N3O5/c1-19-7-9-21(10-8-19)32-17-5-6-22(29)27-18-20-12-15-28(16-13-20)23(30)11-14-26-24(31)33-25(2,3)4/h7-10,20H,5-6,11-18H2,1-4H3,(H,26,31)(H,27,29). The highest BCUT2D eigenvalue weighted by atomic mass is 16.6. The molecule has 0 aliphatic carbocycles. The molecular formula is C25H39N3O5. The van der Waals surface area contributed by atoms with E-state index in [-0.39, 0.29) is 24.8 Å². The molecule has 1 heterocycles. The summed E-state index contributed by atoms with van der Waals surface area (Å²) in [6.07, 6.45) is 2.58. The number of benzene rings is 1. The van der Waals surface area contributed by atoms with Crippen molar-refractivity contribution >= 4 is 17.9 Å². The second kappa shape index (κ2) is 13.1. The molecule has 0 aromatic heterocycles. The number of aryl methyl sites for hydroxylation is 1. The number of likely N-dealkylation sites (tertiary alicyclic amines) is 1. The molecule has 1 aliphatic heterocycles. The van der Waals surface area contributed by atoms with Crippen molar-refractivity contribution in [3.05, 3.63) is 29.8 Å². The summed E-state index contributed by atoms with van der Waals surface area (Å²) in [7, 11) is 0. The third kappa shape index (κ3) is 11.1. The molecule has 0 spiro atoms. The molecule has 1 aromatic rings. The van der Waals surface area contributed by atoms with Crippen LogP contribution in [0.5, 0.6) is 5.75 Å². The van der Waals surface area contributed by atoms with Crippen LogP contribution in [-0.2, 0) is 14.3 Å². The van der Waals surface area contributed by atoms with Gasteiger partial charge in [-0.05, 0) is 65.0 Å². The Hall–Kier alpha value is -2.77. The van der Waals surface area contributed by atoms with Crippen molar-refractivity contribution in [2.24, 2.45) is 5.92 Å². The van der Waals surface area contributed by atoms with Gasteiger partial charge in [0.15, 0.2) is 0 Å². The summed E-state index contributed by atoms with van der Waals surface area (Å²) in [5.41, 5.74) is 0.632. The van der Waals surface area contributed by atoms with Gasteiger partial charge in [-0.2, -0.15) is 0 Å². The van der Waals surface area contributed by atoms with Crippen molar-refractivity contribution in [1.29, 1.82) is 0 Å². The number of nitrogens with zero attached hydrogens (tertiary/aromatic N) is 1. The van der Waals surface area contributed by atoms with E-state index in [0.717, 1.165) is 18.6 Å². The molecular weight excluding hydrogens is 422 g/mol. The molecule has 0 bridgehead atoms. The fourth-order valence-corrected chi connectivity index (χ4v) is 3.53. The van der Waals surface area contributed by atoms with Crippen molar-refractivity contribution in [2.75, 3.05) is 32.8 Å². The van der Waals surface area contributed by atoms with Gasteiger partial charge in [-0.3, -0.25) is 9.59 Å². The number of amides is 3. The van der Waals surface area contributed by atoms with E-state index in [1.54, 1.807) is 20.8 Å². The van der Waals surface area contributed by atoms with Crippen LogP contribution in [0.25, 0.3) is 0 Å². The highest BCUT2D eigenvalue weighted by molar-refractivity contribution is 5.77. The van der Waals surface area contributed by atoms with Crippen LogP contribution in [0, 0.1) is 12.8 Å². The van der Waals surface area contributed by atoms with Crippen LogP contribution < -0.4 is 15.4 Å². The molecule has 1 saturated heterocycles. The van der Waals surface area contributed by atoms with Gasteiger partial charge in [0.05, 0.1) is 6.61 Å². The number of hydrogen-bond acceptors (Lipinski definition) is 5. The van der Waals surface area contributed by atoms with Crippen molar-refractivity contribution < 1.29 is 23.9 Å². The van der Waals surface area contributed by atoms with Crippen LogP contribution in [0.3, 0.4) is 0 Å². The molecule has 184 valence electrons. The Morgan fingerprint density at radius 3 is 2.33 bits per heavy atom. The van der Waals surface area contributed by atoms with Gasteiger partial charge < -0.3 is 25.0 Å². The van der Waals surface area contributed by atoms with Crippen molar-refractivity contribution in [3.63, 3.8) is 0 Å². The quantitative estimate of drug-likeness (QED) is 0.521. The fourth-order valence-electron chi connectivity index (χ4n) is 3.53. The topological polar surface area (TPSA) is 97.0 Å². The zero-order chi connectivity index (χ0) is 24.3. The average Bonchev–Trinajstić information content (AvgIpc) is 2.75. The minimum absolute atomic E-state index is 0.0297. The fraction of sp³-hybridized carbons (Fsp3) is 0.640. The van der Waals surface area contributed by atoms with Gasteiger partial charge in [0.25, 0.3) is 0 Å². The van der Waals surface area contributed by atoms with Crippen LogP contribution in [0.2, 0.25) is 0 Å². The SMILES string of the molecule is Cc1ccc(OCCCC(=O)NCC2CCN(C(=O)CCNC(=O)OC(C)(C)C)CC2)cc1. The molecule has 3 amide bonds. The van der Waals surface area contributed by atoms with E-state index >= 15 is 0 Å². The number of carbonyl (C=O) groups excluding carboxylic acids is 3. The minimum Gasteiger partial charge on any atom is -0.494 e. The predicted molar refractivity (Wildman–Crippen MR) is 127 cm³/mol. The average molecular weight is 462 g/mol. The van der Waals surface area contributed by atoms with Gasteiger partial charge >= 0.3 is 6.09 Å². The monoisotopic (exact) mass is 461 g/mol. The molecule has 0 radical (unpaired) electrons. The number of piperidine rings is 1. The molecule has 8 nitrogen and oxygen atoms in total. The Labute approximate surface area is 197 Å². The number of carbonyl (C=O) groups is 3. The Balaban J connectivity index is 1.52. The molecule has 1 aromatic carbocycles. The zero-order valence-corrected chi connectivity index (χ0v) is 20.4. The summed E-state index contributed by atoms with van der Waals surface area (Å²) in [5.74, 6) is 1.26. The second-order valence-corrected chi connectivity index (χ2v) is 9.57. The first-order valence-electron chi connectivity index (χ1n) is 11.8. The Morgan fingerprint density at radius 2 is 1.70 bits per heavy atom. The van der Waals surface area contributed by atoms with Gasteiger partial charge in [0.1, 0.15) is 11.4 Å². The van der Waals surface area contributed by atoms with E-state index in [2.05, 4.69) is 10.6 Å². The summed E-state index contributed by atoms with van der Waals surface area (Å²) in [5, 5.41) is 5.63. The first-order valence-corrected chi connectivity index (χ1v) is 11.8. The van der Waals surface area contributed by atoms with Crippen molar-refractivity contribution in [1.82, 2.24) is 15.5 Å². The van der Waals surface area contributed by atoms with Crippen LogP contribution in [0.4, 0.5) is 4.79 Å². The van der Waals surface area contributed by atoms with Gasteiger partial charge in [0, 0.05) is 39.0 Å². The lowest BCUT2D eigenvalue weighted by atomic mass is 9.96. The summed E-state index contributed by atoms with van der Waals surface area (Å²) in [4.78, 5) is 37.9. The lowest BCUT2D eigenvalue weighted by Crippen LogP contribution is -2.42.